The van der Waals surface area contributed by atoms with Gasteiger partial charge in [0.05, 0.1) is 17.6 Å². The van der Waals surface area contributed by atoms with Crippen LogP contribution in [0.5, 0.6) is 0 Å². The third kappa shape index (κ3) is 2.63. The molecule has 8 nitrogen and oxygen atoms in total. The molecule has 2 amide bonds. The number of anilines is 1. The predicted octanol–water partition coefficient (Wildman–Crippen LogP) is 0.452. The molecule has 124 valence electrons. The molecule has 0 fully saturated rings. The number of pyridine rings is 1. The number of carbonyl (C=O) groups is 2. The van der Waals surface area contributed by atoms with E-state index < -0.39 is 17.9 Å². The Morgan fingerprint density at radius 3 is 2.84 bits per heavy atom. The molecule has 8 heteroatoms. The van der Waals surface area contributed by atoms with E-state index in [1.807, 2.05) is 24.3 Å². The van der Waals surface area contributed by atoms with Gasteiger partial charge in [0.25, 0.3) is 5.91 Å². The first-order chi connectivity index (χ1) is 12.1. The van der Waals surface area contributed by atoms with Crippen molar-refractivity contribution < 1.29 is 9.59 Å². The van der Waals surface area contributed by atoms with Crippen molar-refractivity contribution in [3.8, 4) is 0 Å². The molecule has 1 aliphatic heterocycles. The van der Waals surface area contributed by atoms with E-state index in [9.17, 15) is 9.59 Å². The van der Waals surface area contributed by atoms with Crippen LogP contribution in [0.2, 0.25) is 0 Å². The predicted molar refractivity (Wildman–Crippen MR) is 90.5 cm³/mol. The Hall–Kier alpha value is -3.55. The molecule has 0 bridgehead atoms. The maximum Gasteiger partial charge on any atom is 0.281 e. The molecule has 4 rings (SSSR count). The van der Waals surface area contributed by atoms with Gasteiger partial charge in [0, 0.05) is 17.8 Å². The Bertz CT molecular complexity index is 1060. The molecule has 1 aromatic carbocycles. The number of hydrogen-bond donors (Lipinski definition) is 2. The van der Waals surface area contributed by atoms with Crippen molar-refractivity contribution >= 4 is 28.5 Å². The number of amides is 2. The summed E-state index contributed by atoms with van der Waals surface area (Å²) in [5.41, 5.74) is 6.68. The van der Waals surface area contributed by atoms with E-state index in [1.54, 1.807) is 22.9 Å². The zero-order valence-electron chi connectivity index (χ0n) is 13.1. The summed E-state index contributed by atoms with van der Waals surface area (Å²) in [5, 5.41) is 3.93. The summed E-state index contributed by atoms with van der Waals surface area (Å²) in [6, 6.07) is 10.2. The Labute approximate surface area is 142 Å². The lowest BCUT2D eigenvalue weighted by Gasteiger charge is -2.07. The normalized spacial score (nSPS) is 16.5. The largest absolute Gasteiger partial charge is 0.368 e. The zero-order valence-corrected chi connectivity index (χ0v) is 13.1. The number of nitrogens with two attached hydrogens (primary N) is 1. The Morgan fingerprint density at radius 2 is 2.08 bits per heavy atom. The highest BCUT2D eigenvalue weighted by atomic mass is 16.2. The Morgan fingerprint density at radius 1 is 1.24 bits per heavy atom. The van der Waals surface area contributed by atoms with Crippen LogP contribution >= 0.6 is 0 Å². The fraction of sp³-hybridized carbons (Fsp3) is 0.118. The number of primary amides is 1. The monoisotopic (exact) mass is 334 g/mol. The van der Waals surface area contributed by atoms with Crippen molar-refractivity contribution in [1.82, 2.24) is 14.5 Å². The summed E-state index contributed by atoms with van der Waals surface area (Å²) in [6.07, 6.45) is 3.03. The van der Waals surface area contributed by atoms with Crippen LogP contribution in [0.4, 0.5) is 5.82 Å². The molecule has 0 spiro atoms. The van der Waals surface area contributed by atoms with E-state index in [2.05, 4.69) is 20.3 Å². The molecule has 1 aliphatic rings. The number of rotatable bonds is 2. The van der Waals surface area contributed by atoms with Gasteiger partial charge in [-0.25, -0.2) is 4.98 Å². The zero-order chi connectivity index (χ0) is 17.4. The van der Waals surface area contributed by atoms with Crippen molar-refractivity contribution in [3.63, 3.8) is 0 Å². The molecule has 1 atom stereocenters. The highest BCUT2D eigenvalue weighted by Gasteiger charge is 2.27. The first-order valence-electron chi connectivity index (χ1n) is 7.68. The van der Waals surface area contributed by atoms with Gasteiger partial charge in [0.15, 0.2) is 0 Å². The van der Waals surface area contributed by atoms with E-state index >= 15 is 0 Å². The fourth-order valence-corrected chi connectivity index (χ4v) is 2.80. The van der Waals surface area contributed by atoms with E-state index in [1.165, 1.54) is 6.20 Å². The van der Waals surface area contributed by atoms with Gasteiger partial charge in [-0.2, -0.15) is 4.99 Å². The molecule has 3 aromatic rings. The minimum Gasteiger partial charge on any atom is -0.368 e. The summed E-state index contributed by atoms with van der Waals surface area (Å²) < 4.78 is 1.70. The summed E-state index contributed by atoms with van der Waals surface area (Å²) in [6.45, 7) is 0.266. The molecule has 0 aliphatic carbocycles. The average molecular weight is 334 g/mol. The first kappa shape index (κ1) is 15.0. The third-order valence-corrected chi connectivity index (χ3v) is 4.02. The van der Waals surface area contributed by atoms with E-state index in [0.717, 1.165) is 5.39 Å². The first-order valence-corrected chi connectivity index (χ1v) is 7.68. The molecule has 3 heterocycles. The molecule has 25 heavy (non-hydrogen) atoms. The van der Waals surface area contributed by atoms with Gasteiger partial charge in [0.2, 0.25) is 11.5 Å². The molecular weight excluding hydrogens is 320 g/mol. The molecule has 3 N–H and O–H groups in total. The number of nitrogens with one attached hydrogen (secondary N) is 1. The van der Waals surface area contributed by atoms with Gasteiger partial charge < -0.3 is 11.1 Å². The highest BCUT2D eigenvalue weighted by molar-refractivity contribution is 5.95. The fourth-order valence-electron chi connectivity index (χ4n) is 2.80. The molecule has 0 radical (unpaired) electrons. The molecule has 0 saturated carbocycles. The molecular formula is C17H14N6O2. The second-order valence-corrected chi connectivity index (χ2v) is 5.65. The SMILES string of the molecule is NC(=O)C1Cn2c(c3ccccc3nc2=NC(=O)c2cccnc2)N1. The lowest BCUT2D eigenvalue weighted by Crippen LogP contribution is -2.35. The third-order valence-electron chi connectivity index (χ3n) is 4.02. The lowest BCUT2D eigenvalue weighted by atomic mass is 10.2. The van der Waals surface area contributed by atoms with Gasteiger partial charge in [-0.05, 0) is 24.3 Å². The van der Waals surface area contributed by atoms with Crippen molar-refractivity contribution in [2.24, 2.45) is 10.7 Å². The number of para-hydroxylation sites is 1. The van der Waals surface area contributed by atoms with E-state index in [0.29, 0.717) is 16.9 Å². The van der Waals surface area contributed by atoms with Gasteiger partial charge in [-0.3, -0.25) is 19.1 Å². The highest BCUT2D eigenvalue weighted by Crippen LogP contribution is 2.25. The summed E-state index contributed by atoms with van der Waals surface area (Å²) >= 11 is 0. The molecule has 0 saturated heterocycles. The summed E-state index contributed by atoms with van der Waals surface area (Å²) in [4.78, 5) is 36.5. The van der Waals surface area contributed by atoms with Crippen LogP contribution in [0, 0.1) is 0 Å². The number of hydrogen-bond acceptors (Lipinski definition) is 5. The Kier molecular flexibility index (Phi) is 3.50. The van der Waals surface area contributed by atoms with Gasteiger partial charge >= 0.3 is 0 Å². The van der Waals surface area contributed by atoms with Crippen molar-refractivity contribution in [1.29, 1.82) is 0 Å². The minimum absolute atomic E-state index is 0.221. The van der Waals surface area contributed by atoms with Crippen molar-refractivity contribution in [2.45, 2.75) is 12.6 Å². The second-order valence-electron chi connectivity index (χ2n) is 5.65. The number of fused-ring (bicyclic) bond motifs is 3. The van der Waals surface area contributed by atoms with E-state index in [4.69, 9.17) is 5.73 Å². The van der Waals surface area contributed by atoms with Crippen LogP contribution in [0.1, 0.15) is 10.4 Å². The van der Waals surface area contributed by atoms with E-state index in [-0.39, 0.29) is 12.2 Å². The maximum absolute atomic E-state index is 12.4. The average Bonchev–Trinajstić information content (AvgIpc) is 3.09. The number of benzene rings is 1. The smallest absolute Gasteiger partial charge is 0.281 e. The van der Waals surface area contributed by atoms with Crippen molar-refractivity contribution in [2.75, 3.05) is 5.32 Å². The summed E-state index contributed by atoms with van der Waals surface area (Å²) in [7, 11) is 0. The van der Waals surface area contributed by atoms with Gasteiger partial charge in [-0.15, -0.1) is 0 Å². The molecule has 1 unspecified atom stereocenters. The number of aromatic nitrogens is 3. The maximum atomic E-state index is 12.4. The second kappa shape index (κ2) is 5.82. The van der Waals surface area contributed by atoms with Gasteiger partial charge in [-0.1, -0.05) is 12.1 Å². The van der Waals surface area contributed by atoms with Crippen LogP contribution in [0.15, 0.2) is 53.8 Å². The van der Waals surface area contributed by atoms with Gasteiger partial charge in [0.1, 0.15) is 11.9 Å². The number of nitrogens with zero attached hydrogens (tertiary/aromatic N) is 4. The van der Waals surface area contributed by atoms with Crippen LogP contribution in [-0.4, -0.2) is 32.4 Å². The topological polar surface area (TPSA) is 115 Å². The quantitative estimate of drug-likeness (QED) is 0.706. The van der Waals surface area contributed by atoms with Crippen LogP contribution in [0.25, 0.3) is 10.9 Å². The van der Waals surface area contributed by atoms with Crippen LogP contribution in [-0.2, 0) is 11.3 Å². The standard InChI is InChI=1S/C17H14N6O2/c18-14(24)13-9-23-15(20-13)11-5-1-2-6-12(11)21-17(23)22-16(25)10-4-3-7-19-8-10/h1-8,13,20H,9H2,(H2,18,24). The summed E-state index contributed by atoms with van der Waals surface area (Å²) in [5.74, 6) is -0.252. The lowest BCUT2D eigenvalue weighted by molar-refractivity contribution is -0.118. The Balaban J connectivity index is 1.91. The minimum atomic E-state index is -0.574. The van der Waals surface area contributed by atoms with Crippen LogP contribution in [0.3, 0.4) is 0 Å². The number of carbonyl (C=O) groups excluding carboxylic acids is 2. The van der Waals surface area contributed by atoms with Crippen LogP contribution < -0.4 is 16.7 Å². The van der Waals surface area contributed by atoms with Crippen molar-refractivity contribution in [3.05, 3.63) is 60.0 Å². The molecule has 2 aromatic heterocycles.